The zero-order valence-corrected chi connectivity index (χ0v) is 13.3. The molecular formula is C16H28O4. The van der Waals surface area contributed by atoms with E-state index in [2.05, 4.69) is 20.8 Å². The van der Waals surface area contributed by atoms with Crippen LogP contribution in [0, 0.1) is 17.8 Å². The van der Waals surface area contributed by atoms with Crippen LogP contribution in [0.4, 0.5) is 0 Å². The number of hydrogen-bond acceptors (Lipinski definition) is 4. The average molecular weight is 284 g/mol. The van der Waals surface area contributed by atoms with Gasteiger partial charge in [-0.2, -0.15) is 0 Å². The molecule has 0 amide bonds. The smallest absolute Gasteiger partial charge is 0.337 e. The molecule has 1 rings (SSSR count). The molecule has 0 spiro atoms. The van der Waals surface area contributed by atoms with Gasteiger partial charge in [0.15, 0.2) is 0 Å². The number of hydrogen-bond donors (Lipinski definition) is 1. The minimum atomic E-state index is -0.838. The van der Waals surface area contributed by atoms with Crippen LogP contribution in [0.15, 0.2) is 11.3 Å². The second-order valence-electron chi connectivity index (χ2n) is 5.77. The molecule has 0 saturated carbocycles. The number of allylic oxidation sites excluding steroid dienone is 1. The largest absolute Gasteiger partial charge is 0.469 e. The van der Waals surface area contributed by atoms with Crippen molar-refractivity contribution in [3.05, 3.63) is 11.3 Å². The van der Waals surface area contributed by atoms with Gasteiger partial charge in [0.1, 0.15) is 5.76 Å². The fourth-order valence-electron chi connectivity index (χ4n) is 3.03. The number of esters is 1. The normalized spacial score (nSPS) is 26.6. The van der Waals surface area contributed by atoms with Crippen LogP contribution in [0.1, 0.15) is 53.9 Å². The van der Waals surface area contributed by atoms with Crippen LogP contribution in [0.3, 0.4) is 0 Å². The van der Waals surface area contributed by atoms with Crippen LogP contribution in [-0.2, 0) is 14.3 Å². The summed E-state index contributed by atoms with van der Waals surface area (Å²) >= 11 is 0. The fourth-order valence-corrected chi connectivity index (χ4v) is 3.03. The summed E-state index contributed by atoms with van der Waals surface area (Å²) in [4.78, 5) is 12.2. The fraction of sp³-hybridized carbons (Fsp3) is 0.812. The first-order chi connectivity index (χ1) is 9.43. The molecule has 1 N–H and O–H groups in total. The average Bonchev–Trinajstić information content (AvgIpc) is 2.35. The molecule has 3 atom stereocenters. The van der Waals surface area contributed by atoms with Crippen molar-refractivity contribution in [3.63, 3.8) is 0 Å². The van der Waals surface area contributed by atoms with Gasteiger partial charge in [0.25, 0.3) is 0 Å². The summed E-state index contributed by atoms with van der Waals surface area (Å²) in [6, 6.07) is 0. The van der Waals surface area contributed by atoms with Crippen LogP contribution >= 0.6 is 0 Å². The summed E-state index contributed by atoms with van der Waals surface area (Å²) in [5.74, 6) is 0.393. The molecule has 4 nitrogen and oxygen atoms in total. The third-order valence-electron chi connectivity index (χ3n) is 3.98. The predicted molar refractivity (Wildman–Crippen MR) is 77.8 cm³/mol. The van der Waals surface area contributed by atoms with Gasteiger partial charge in [-0.25, -0.2) is 4.79 Å². The van der Waals surface area contributed by atoms with Crippen molar-refractivity contribution in [2.24, 2.45) is 17.8 Å². The van der Waals surface area contributed by atoms with Gasteiger partial charge in [0.2, 0.25) is 6.29 Å². The van der Waals surface area contributed by atoms with E-state index in [1.807, 2.05) is 0 Å². The van der Waals surface area contributed by atoms with Gasteiger partial charge in [-0.15, -0.1) is 0 Å². The Hall–Kier alpha value is -1.03. The first-order valence-corrected chi connectivity index (χ1v) is 7.66. The monoisotopic (exact) mass is 284 g/mol. The summed E-state index contributed by atoms with van der Waals surface area (Å²) in [6.07, 6.45) is 2.13. The number of unbranched alkanes of at least 4 members (excludes halogenated alkanes) is 1. The van der Waals surface area contributed by atoms with E-state index < -0.39 is 6.29 Å². The van der Waals surface area contributed by atoms with Crippen molar-refractivity contribution in [1.29, 1.82) is 0 Å². The van der Waals surface area contributed by atoms with Crippen molar-refractivity contribution in [1.82, 2.24) is 0 Å². The molecule has 0 aromatic rings. The molecule has 1 aliphatic heterocycles. The number of carbonyl (C=O) groups excluding carboxylic acids is 1. The summed E-state index contributed by atoms with van der Waals surface area (Å²) in [7, 11) is 0. The third kappa shape index (κ3) is 3.75. The van der Waals surface area contributed by atoms with E-state index in [4.69, 9.17) is 9.47 Å². The van der Waals surface area contributed by atoms with Gasteiger partial charge in [0.05, 0.1) is 12.2 Å². The summed E-state index contributed by atoms with van der Waals surface area (Å²) in [6.45, 7) is 10.1. The Morgan fingerprint density at radius 1 is 1.40 bits per heavy atom. The van der Waals surface area contributed by atoms with Gasteiger partial charge in [-0.3, -0.25) is 0 Å². The van der Waals surface area contributed by atoms with Gasteiger partial charge in [-0.05, 0) is 26.2 Å². The highest BCUT2D eigenvalue weighted by atomic mass is 16.6. The zero-order chi connectivity index (χ0) is 15.3. The second-order valence-corrected chi connectivity index (χ2v) is 5.77. The molecule has 0 aromatic heterocycles. The summed E-state index contributed by atoms with van der Waals surface area (Å²) in [5.41, 5.74) is 0.615. The number of rotatable bonds is 6. The van der Waals surface area contributed by atoms with Crippen LogP contribution in [0.5, 0.6) is 0 Å². The molecule has 1 aliphatic rings. The van der Waals surface area contributed by atoms with Crippen molar-refractivity contribution >= 4 is 5.97 Å². The Morgan fingerprint density at radius 3 is 2.55 bits per heavy atom. The van der Waals surface area contributed by atoms with E-state index in [9.17, 15) is 9.90 Å². The molecule has 0 fully saturated rings. The van der Waals surface area contributed by atoms with Crippen molar-refractivity contribution in [2.45, 2.75) is 60.2 Å². The van der Waals surface area contributed by atoms with E-state index in [1.165, 1.54) is 0 Å². The lowest BCUT2D eigenvalue weighted by molar-refractivity contribution is -0.156. The Balaban J connectivity index is 3.11. The quantitative estimate of drug-likeness (QED) is 0.761. The third-order valence-corrected chi connectivity index (χ3v) is 3.98. The maximum atomic E-state index is 12.2. The Bertz CT molecular complexity index is 359. The van der Waals surface area contributed by atoms with E-state index >= 15 is 0 Å². The Labute approximate surface area is 122 Å². The number of carbonyl (C=O) groups is 1. The van der Waals surface area contributed by atoms with Gasteiger partial charge in [0, 0.05) is 11.8 Å². The highest BCUT2D eigenvalue weighted by Crippen LogP contribution is 2.40. The molecule has 1 heterocycles. The van der Waals surface area contributed by atoms with Crippen LogP contribution in [-0.4, -0.2) is 24.0 Å². The molecule has 1 unspecified atom stereocenters. The van der Waals surface area contributed by atoms with Crippen molar-refractivity contribution in [2.75, 3.05) is 6.61 Å². The lowest BCUT2D eigenvalue weighted by Crippen LogP contribution is -2.41. The van der Waals surface area contributed by atoms with E-state index in [0.717, 1.165) is 19.3 Å². The lowest BCUT2D eigenvalue weighted by atomic mass is 9.74. The molecule has 0 radical (unpaired) electrons. The van der Waals surface area contributed by atoms with Gasteiger partial charge < -0.3 is 14.6 Å². The minimum absolute atomic E-state index is 0.0118. The number of ether oxygens (including phenoxy) is 2. The maximum Gasteiger partial charge on any atom is 0.337 e. The topological polar surface area (TPSA) is 55.8 Å². The highest BCUT2D eigenvalue weighted by molar-refractivity contribution is 5.89. The van der Waals surface area contributed by atoms with Gasteiger partial charge in [-0.1, -0.05) is 33.6 Å². The summed E-state index contributed by atoms with van der Waals surface area (Å²) < 4.78 is 10.7. The number of aliphatic hydroxyl groups is 1. The zero-order valence-electron chi connectivity index (χ0n) is 13.3. The standard InChI is InChI=1S/C16H28O4/c1-6-8-9-12-13(10(3)4)16(18)20-11(5)14(12)15(17)19-7-2/h10,12-13,16,18H,6-9H2,1-5H3/t12-,13-,16?/m1/s1. The maximum absolute atomic E-state index is 12.2. The molecule has 0 aromatic carbocycles. The first-order valence-electron chi connectivity index (χ1n) is 7.66. The molecule has 0 aliphatic carbocycles. The molecule has 116 valence electrons. The van der Waals surface area contributed by atoms with Crippen LogP contribution in [0.25, 0.3) is 0 Å². The molecule has 0 saturated heterocycles. The molecule has 4 heteroatoms. The second kappa shape index (κ2) is 7.67. The molecule has 20 heavy (non-hydrogen) atoms. The van der Waals surface area contributed by atoms with Crippen molar-refractivity contribution in [3.8, 4) is 0 Å². The number of aliphatic hydroxyl groups excluding tert-OH is 1. The predicted octanol–water partition coefficient (Wildman–Crippen LogP) is 3.25. The minimum Gasteiger partial charge on any atom is -0.469 e. The van der Waals surface area contributed by atoms with Crippen LogP contribution < -0.4 is 0 Å². The first kappa shape index (κ1) is 17.0. The SMILES string of the molecule is CCCC[C@H]1C(C(=O)OCC)=C(C)OC(O)[C@@H]1C(C)C. The molecule has 0 bridgehead atoms. The Morgan fingerprint density at radius 2 is 2.05 bits per heavy atom. The van der Waals surface area contributed by atoms with Crippen LogP contribution in [0.2, 0.25) is 0 Å². The van der Waals surface area contributed by atoms with E-state index in [0.29, 0.717) is 17.9 Å². The lowest BCUT2D eigenvalue weighted by Gasteiger charge is -2.39. The Kier molecular flexibility index (Phi) is 6.53. The summed E-state index contributed by atoms with van der Waals surface area (Å²) in [5, 5.41) is 10.2. The van der Waals surface area contributed by atoms with E-state index in [1.54, 1.807) is 13.8 Å². The van der Waals surface area contributed by atoms with Gasteiger partial charge >= 0.3 is 5.97 Å². The van der Waals surface area contributed by atoms with E-state index in [-0.39, 0.29) is 23.7 Å². The highest BCUT2D eigenvalue weighted by Gasteiger charge is 2.42. The molecular weight excluding hydrogens is 256 g/mol. The van der Waals surface area contributed by atoms with Crippen molar-refractivity contribution < 1.29 is 19.4 Å².